The summed E-state index contributed by atoms with van der Waals surface area (Å²) in [7, 11) is 1.95. The van der Waals surface area contributed by atoms with Gasteiger partial charge in [-0.1, -0.05) is 28.1 Å². The normalized spacial score (nSPS) is 10.1. The van der Waals surface area contributed by atoms with E-state index in [-0.39, 0.29) is 0 Å². The van der Waals surface area contributed by atoms with E-state index in [2.05, 4.69) is 46.4 Å². The van der Waals surface area contributed by atoms with E-state index >= 15 is 0 Å². The maximum atomic E-state index is 3.51. The fourth-order valence-corrected chi connectivity index (χ4v) is 1.62. The summed E-state index contributed by atoms with van der Waals surface area (Å²) >= 11 is 3.51. The van der Waals surface area contributed by atoms with Gasteiger partial charge >= 0.3 is 0 Å². The van der Waals surface area contributed by atoms with Crippen molar-refractivity contribution in [2.45, 2.75) is 13.5 Å². The third kappa shape index (κ3) is 2.31. The Hall–Kier alpha value is -0.340. The number of hydrogen-bond acceptors (Lipinski definition) is 1. The maximum Gasteiger partial charge on any atom is 0.0222 e. The van der Waals surface area contributed by atoms with Crippen molar-refractivity contribution in [2.24, 2.45) is 0 Å². The van der Waals surface area contributed by atoms with E-state index in [9.17, 15) is 0 Å². The Morgan fingerprint density at radius 1 is 1.45 bits per heavy atom. The fourth-order valence-electron chi connectivity index (χ4n) is 0.986. The van der Waals surface area contributed by atoms with Crippen LogP contribution in [0.2, 0.25) is 0 Å². The molecule has 0 aliphatic heterocycles. The van der Waals surface area contributed by atoms with Crippen molar-refractivity contribution in [3.63, 3.8) is 0 Å². The molecule has 1 nitrogen and oxygen atoms in total. The summed E-state index contributed by atoms with van der Waals surface area (Å²) < 4.78 is 1.19. The molecule has 60 valence electrons. The van der Waals surface area contributed by atoms with Crippen LogP contribution in [-0.2, 0) is 6.54 Å². The zero-order chi connectivity index (χ0) is 8.27. The van der Waals surface area contributed by atoms with Crippen LogP contribution in [-0.4, -0.2) is 7.05 Å². The molecule has 0 radical (unpaired) electrons. The van der Waals surface area contributed by atoms with Crippen LogP contribution in [0, 0.1) is 6.92 Å². The third-order valence-corrected chi connectivity index (χ3v) is 2.31. The predicted molar refractivity (Wildman–Crippen MR) is 51.6 cm³/mol. The van der Waals surface area contributed by atoms with Gasteiger partial charge in [0.1, 0.15) is 0 Å². The molecular formula is C9H12BrN. The molecule has 1 aromatic rings. The minimum Gasteiger partial charge on any atom is -0.316 e. The van der Waals surface area contributed by atoms with Crippen LogP contribution in [0.25, 0.3) is 0 Å². The summed E-state index contributed by atoms with van der Waals surface area (Å²) in [6.07, 6.45) is 0. The second kappa shape index (κ2) is 3.88. The maximum absolute atomic E-state index is 3.51. The van der Waals surface area contributed by atoms with Crippen LogP contribution in [0.3, 0.4) is 0 Å². The van der Waals surface area contributed by atoms with E-state index in [1.54, 1.807) is 0 Å². The van der Waals surface area contributed by atoms with Gasteiger partial charge in [0.05, 0.1) is 0 Å². The molecule has 0 heterocycles. The highest BCUT2D eigenvalue weighted by Gasteiger charge is 1.96. The molecule has 0 atom stereocenters. The van der Waals surface area contributed by atoms with Gasteiger partial charge in [-0.25, -0.2) is 0 Å². The standard InChI is InChI=1S/C9H12BrN/c1-7-3-4-8(6-11-2)9(10)5-7/h3-5,11H,6H2,1-2H3. The molecule has 0 bridgehead atoms. The monoisotopic (exact) mass is 213 g/mol. The highest BCUT2D eigenvalue weighted by molar-refractivity contribution is 9.10. The molecule has 1 N–H and O–H groups in total. The molecule has 0 amide bonds. The van der Waals surface area contributed by atoms with Crippen LogP contribution >= 0.6 is 15.9 Å². The highest BCUT2D eigenvalue weighted by atomic mass is 79.9. The van der Waals surface area contributed by atoms with Gasteiger partial charge in [0.2, 0.25) is 0 Å². The Morgan fingerprint density at radius 3 is 2.73 bits per heavy atom. The average molecular weight is 214 g/mol. The lowest BCUT2D eigenvalue weighted by molar-refractivity contribution is 0.814. The summed E-state index contributed by atoms with van der Waals surface area (Å²) in [6.45, 7) is 3.01. The molecule has 0 saturated carbocycles. The number of nitrogens with one attached hydrogen (secondary N) is 1. The minimum absolute atomic E-state index is 0.918. The number of hydrogen-bond donors (Lipinski definition) is 1. The first-order chi connectivity index (χ1) is 5.24. The van der Waals surface area contributed by atoms with Gasteiger partial charge in [0.15, 0.2) is 0 Å². The third-order valence-electron chi connectivity index (χ3n) is 1.58. The van der Waals surface area contributed by atoms with Gasteiger partial charge in [-0.05, 0) is 31.2 Å². The number of aryl methyl sites for hydroxylation is 1. The van der Waals surface area contributed by atoms with Gasteiger partial charge in [0, 0.05) is 11.0 Å². The summed E-state index contributed by atoms with van der Waals surface area (Å²) in [5.41, 5.74) is 2.59. The van der Waals surface area contributed by atoms with Gasteiger partial charge in [0.25, 0.3) is 0 Å². The zero-order valence-electron chi connectivity index (χ0n) is 6.82. The van der Waals surface area contributed by atoms with Crippen molar-refractivity contribution in [1.29, 1.82) is 0 Å². The molecule has 1 rings (SSSR count). The van der Waals surface area contributed by atoms with Crippen LogP contribution < -0.4 is 5.32 Å². The molecule has 1 aromatic carbocycles. The Bertz CT molecular complexity index is 245. The largest absolute Gasteiger partial charge is 0.316 e. The lowest BCUT2D eigenvalue weighted by Gasteiger charge is -2.03. The molecule has 0 fully saturated rings. The Kier molecular flexibility index (Phi) is 3.09. The van der Waals surface area contributed by atoms with Gasteiger partial charge < -0.3 is 5.32 Å². The van der Waals surface area contributed by atoms with Crippen LogP contribution in [0.4, 0.5) is 0 Å². The van der Waals surface area contributed by atoms with Gasteiger partial charge in [-0.3, -0.25) is 0 Å². The van der Waals surface area contributed by atoms with Crippen molar-refractivity contribution in [1.82, 2.24) is 5.32 Å². The van der Waals surface area contributed by atoms with Crippen molar-refractivity contribution in [3.8, 4) is 0 Å². The first-order valence-electron chi connectivity index (χ1n) is 3.63. The summed E-state index contributed by atoms with van der Waals surface area (Å²) in [5, 5.41) is 3.11. The first-order valence-corrected chi connectivity index (χ1v) is 4.43. The molecule has 0 saturated heterocycles. The predicted octanol–water partition coefficient (Wildman–Crippen LogP) is 2.48. The quantitative estimate of drug-likeness (QED) is 0.797. The van der Waals surface area contributed by atoms with Crippen molar-refractivity contribution in [3.05, 3.63) is 33.8 Å². The fraction of sp³-hybridized carbons (Fsp3) is 0.333. The minimum atomic E-state index is 0.918. The topological polar surface area (TPSA) is 12.0 Å². The lowest BCUT2D eigenvalue weighted by Crippen LogP contribution is -2.05. The van der Waals surface area contributed by atoms with Crippen molar-refractivity contribution in [2.75, 3.05) is 7.05 Å². The SMILES string of the molecule is CNCc1ccc(C)cc1Br. The number of rotatable bonds is 2. The van der Waals surface area contributed by atoms with Crippen molar-refractivity contribution < 1.29 is 0 Å². The molecule has 2 heteroatoms. The highest BCUT2D eigenvalue weighted by Crippen LogP contribution is 2.17. The lowest BCUT2D eigenvalue weighted by atomic mass is 10.1. The molecule has 0 unspecified atom stereocenters. The van der Waals surface area contributed by atoms with Crippen LogP contribution in [0.15, 0.2) is 22.7 Å². The Labute approximate surface area is 75.9 Å². The van der Waals surface area contributed by atoms with Gasteiger partial charge in [-0.15, -0.1) is 0 Å². The smallest absolute Gasteiger partial charge is 0.0222 e. The van der Waals surface area contributed by atoms with E-state index in [1.165, 1.54) is 15.6 Å². The second-order valence-electron chi connectivity index (χ2n) is 2.63. The molecule has 0 aromatic heterocycles. The zero-order valence-corrected chi connectivity index (χ0v) is 8.40. The Balaban J connectivity index is 2.90. The van der Waals surface area contributed by atoms with Crippen molar-refractivity contribution >= 4 is 15.9 Å². The number of benzene rings is 1. The molecular weight excluding hydrogens is 202 g/mol. The summed E-state index contributed by atoms with van der Waals surface area (Å²) in [5.74, 6) is 0. The van der Waals surface area contributed by atoms with Gasteiger partial charge in [-0.2, -0.15) is 0 Å². The number of halogens is 1. The summed E-state index contributed by atoms with van der Waals surface area (Å²) in [4.78, 5) is 0. The molecule has 0 aliphatic rings. The molecule has 0 aliphatic carbocycles. The van der Waals surface area contributed by atoms with E-state index in [1.807, 2.05) is 7.05 Å². The van der Waals surface area contributed by atoms with E-state index in [0.29, 0.717) is 0 Å². The first kappa shape index (κ1) is 8.75. The second-order valence-corrected chi connectivity index (χ2v) is 3.48. The average Bonchev–Trinajstić information content (AvgIpc) is 1.95. The van der Waals surface area contributed by atoms with Crippen LogP contribution in [0.5, 0.6) is 0 Å². The van der Waals surface area contributed by atoms with E-state index < -0.39 is 0 Å². The molecule has 0 spiro atoms. The molecule has 11 heavy (non-hydrogen) atoms. The van der Waals surface area contributed by atoms with Crippen LogP contribution in [0.1, 0.15) is 11.1 Å². The Morgan fingerprint density at radius 2 is 2.18 bits per heavy atom. The van der Waals surface area contributed by atoms with E-state index in [0.717, 1.165) is 6.54 Å². The van der Waals surface area contributed by atoms with E-state index in [4.69, 9.17) is 0 Å². The summed E-state index contributed by atoms with van der Waals surface area (Å²) in [6, 6.07) is 6.39.